The van der Waals surface area contributed by atoms with Crippen molar-refractivity contribution in [3.05, 3.63) is 45.8 Å². The number of aryl methyl sites for hydroxylation is 1. The van der Waals surface area contributed by atoms with Crippen molar-refractivity contribution in [2.24, 2.45) is 5.11 Å². The monoisotopic (exact) mass is 274 g/mol. The minimum absolute atomic E-state index is 0.376. The van der Waals surface area contributed by atoms with Crippen molar-refractivity contribution < 1.29 is 9.90 Å². The van der Waals surface area contributed by atoms with E-state index in [0.717, 1.165) is 24.0 Å². The van der Waals surface area contributed by atoms with Gasteiger partial charge in [0.05, 0.1) is 0 Å². The fourth-order valence-corrected chi connectivity index (χ4v) is 2.81. The van der Waals surface area contributed by atoms with E-state index in [4.69, 9.17) is 5.53 Å². The summed E-state index contributed by atoms with van der Waals surface area (Å²) in [4.78, 5) is 14.5. The standard InChI is InChI=1S/C14H18N4O2/c15-18-17-10-4-9-16-14(13(19)20)8-3-6-11-5-1-2-7-12(11)14/h1-2,5,7,16H,3-4,6,8-10H2,(H,19,20). The average Bonchev–Trinajstić information content (AvgIpc) is 2.47. The normalized spacial score (nSPS) is 20.8. The lowest BCUT2D eigenvalue weighted by Crippen LogP contribution is -2.51. The fraction of sp³-hybridized carbons (Fsp3) is 0.500. The molecule has 0 aromatic heterocycles. The second kappa shape index (κ2) is 6.41. The lowest BCUT2D eigenvalue weighted by molar-refractivity contribution is -0.146. The highest BCUT2D eigenvalue weighted by molar-refractivity contribution is 5.81. The Hall–Kier alpha value is -2.04. The van der Waals surface area contributed by atoms with E-state index in [9.17, 15) is 9.90 Å². The molecule has 0 aliphatic heterocycles. The second-order valence-electron chi connectivity index (χ2n) is 4.96. The molecule has 1 aliphatic rings. The highest BCUT2D eigenvalue weighted by Crippen LogP contribution is 2.35. The van der Waals surface area contributed by atoms with E-state index in [0.29, 0.717) is 25.9 Å². The molecule has 1 aromatic carbocycles. The summed E-state index contributed by atoms with van der Waals surface area (Å²) in [5, 5.41) is 16.3. The summed E-state index contributed by atoms with van der Waals surface area (Å²) < 4.78 is 0. The third kappa shape index (κ3) is 2.76. The topological polar surface area (TPSA) is 98.1 Å². The second-order valence-corrected chi connectivity index (χ2v) is 4.96. The van der Waals surface area contributed by atoms with Crippen molar-refractivity contribution >= 4 is 5.97 Å². The summed E-state index contributed by atoms with van der Waals surface area (Å²) in [7, 11) is 0. The van der Waals surface area contributed by atoms with Gasteiger partial charge in [-0.2, -0.15) is 0 Å². The van der Waals surface area contributed by atoms with Crippen molar-refractivity contribution in [2.75, 3.05) is 13.1 Å². The maximum Gasteiger partial charge on any atom is 0.328 e. The van der Waals surface area contributed by atoms with Gasteiger partial charge in [-0.25, -0.2) is 4.79 Å². The van der Waals surface area contributed by atoms with Gasteiger partial charge in [0.2, 0.25) is 0 Å². The summed E-state index contributed by atoms with van der Waals surface area (Å²) in [5.74, 6) is -0.839. The minimum atomic E-state index is -1.01. The zero-order valence-corrected chi connectivity index (χ0v) is 11.2. The van der Waals surface area contributed by atoms with E-state index in [-0.39, 0.29) is 0 Å². The van der Waals surface area contributed by atoms with E-state index in [1.165, 1.54) is 0 Å². The average molecular weight is 274 g/mol. The Kier molecular flexibility index (Phi) is 4.61. The summed E-state index contributed by atoms with van der Waals surface area (Å²) >= 11 is 0. The fourth-order valence-electron chi connectivity index (χ4n) is 2.81. The van der Waals surface area contributed by atoms with Gasteiger partial charge >= 0.3 is 5.97 Å². The van der Waals surface area contributed by atoms with E-state index in [1.54, 1.807) is 0 Å². The first-order valence-electron chi connectivity index (χ1n) is 6.78. The highest BCUT2D eigenvalue weighted by Gasteiger charge is 2.42. The zero-order chi connectivity index (χ0) is 14.4. The summed E-state index contributed by atoms with van der Waals surface area (Å²) in [6.45, 7) is 0.889. The Bertz CT molecular complexity index is 540. The first-order chi connectivity index (χ1) is 9.70. The maximum absolute atomic E-state index is 11.8. The van der Waals surface area contributed by atoms with E-state index >= 15 is 0 Å². The van der Waals surface area contributed by atoms with Crippen LogP contribution in [-0.4, -0.2) is 24.2 Å². The predicted molar refractivity (Wildman–Crippen MR) is 75.3 cm³/mol. The van der Waals surface area contributed by atoms with Gasteiger partial charge in [0, 0.05) is 11.5 Å². The molecule has 0 spiro atoms. The number of fused-ring (bicyclic) bond motifs is 1. The number of carboxylic acids is 1. The highest BCUT2D eigenvalue weighted by atomic mass is 16.4. The number of nitrogens with one attached hydrogen (secondary N) is 1. The molecule has 6 heteroatoms. The Morgan fingerprint density at radius 2 is 2.30 bits per heavy atom. The van der Waals surface area contributed by atoms with Gasteiger partial charge in [0.25, 0.3) is 0 Å². The molecule has 2 N–H and O–H groups in total. The molecule has 0 saturated carbocycles. The Balaban J connectivity index is 2.18. The summed E-state index contributed by atoms with van der Waals surface area (Å²) in [6.07, 6.45) is 2.99. The number of nitrogens with zero attached hydrogens (tertiary/aromatic N) is 3. The van der Waals surface area contributed by atoms with Crippen LogP contribution in [0.4, 0.5) is 0 Å². The van der Waals surface area contributed by atoms with E-state index < -0.39 is 11.5 Å². The predicted octanol–water partition coefficient (Wildman–Crippen LogP) is 2.59. The Morgan fingerprint density at radius 3 is 3.05 bits per heavy atom. The van der Waals surface area contributed by atoms with E-state index in [1.807, 2.05) is 24.3 Å². The van der Waals surface area contributed by atoms with Crippen LogP contribution in [0.2, 0.25) is 0 Å². The molecule has 0 saturated heterocycles. The van der Waals surface area contributed by atoms with Crippen LogP contribution < -0.4 is 5.32 Å². The molecular weight excluding hydrogens is 256 g/mol. The van der Waals surface area contributed by atoms with Crippen LogP contribution in [0.1, 0.15) is 30.4 Å². The van der Waals surface area contributed by atoms with E-state index in [2.05, 4.69) is 15.3 Å². The third-order valence-electron chi connectivity index (χ3n) is 3.77. The first kappa shape index (κ1) is 14.4. The molecule has 0 radical (unpaired) electrons. The number of carboxylic acid groups (broad SMARTS) is 1. The van der Waals surface area contributed by atoms with Gasteiger partial charge < -0.3 is 5.11 Å². The number of hydrogen-bond acceptors (Lipinski definition) is 3. The van der Waals surface area contributed by atoms with Crippen LogP contribution in [-0.2, 0) is 16.8 Å². The number of benzene rings is 1. The summed E-state index contributed by atoms with van der Waals surface area (Å²) in [6, 6.07) is 7.71. The zero-order valence-electron chi connectivity index (χ0n) is 11.2. The molecular formula is C14H18N4O2. The molecule has 0 bridgehead atoms. The number of carbonyl (C=O) groups is 1. The molecule has 0 amide bonds. The van der Waals surface area contributed by atoms with Crippen molar-refractivity contribution in [2.45, 2.75) is 31.2 Å². The van der Waals surface area contributed by atoms with Gasteiger partial charge in [-0.15, -0.1) is 0 Å². The van der Waals surface area contributed by atoms with Crippen molar-refractivity contribution in [1.82, 2.24) is 5.32 Å². The molecule has 1 aliphatic carbocycles. The van der Waals surface area contributed by atoms with Crippen LogP contribution in [0.3, 0.4) is 0 Å². The lowest BCUT2D eigenvalue weighted by Gasteiger charge is -2.36. The Labute approximate surface area is 117 Å². The lowest BCUT2D eigenvalue weighted by atomic mass is 9.76. The molecule has 20 heavy (non-hydrogen) atoms. The number of aliphatic carboxylic acids is 1. The molecule has 106 valence electrons. The van der Waals surface area contributed by atoms with Crippen LogP contribution in [0.5, 0.6) is 0 Å². The molecule has 1 aromatic rings. The summed E-state index contributed by atoms with van der Waals surface area (Å²) in [5.41, 5.74) is 9.18. The minimum Gasteiger partial charge on any atom is -0.480 e. The SMILES string of the molecule is [N-]=[N+]=NCCCNC1(C(=O)O)CCCc2ccccc21. The van der Waals surface area contributed by atoms with Gasteiger partial charge in [-0.1, -0.05) is 29.4 Å². The quantitative estimate of drug-likeness (QED) is 0.361. The molecule has 0 heterocycles. The maximum atomic E-state index is 11.8. The third-order valence-corrected chi connectivity index (χ3v) is 3.77. The van der Waals surface area contributed by atoms with Crippen LogP contribution >= 0.6 is 0 Å². The van der Waals surface area contributed by atoms with Crippen LogP contribution in [0.15, 0.2) is 29.4 Å². The van der Waals surface area contributed by atoms with Crippen molar-refractivity contribution in [1.29, 1.82) is 0 Å². The van der Waals surface area contributed by atoms with Crippen LogP contribution in [0, 0.1) is 0 Å². The van der Waals surface area contributed by atoms with Gasteiger partial charge in [0.15, 0.2) is 0 Å². The van der Waals surface area contributed by atoms with Crippen molar-refractivity contribution in [3.8, 4) is 0 Å². The van der Waals surface area contributed by atoms with Crippen LogP contribution in [0.25, 0.3) is 10.4 Å². The largest absolute Gasteiger partial charge is 0.480 e. The first-order valence-corrected chi connectivity index (χ1v) is 6.78. The molecule has 0 fully saturated rings. The number of azide groups is 1. The number of rotatable bonds is 6. The molecule has 1 atom stereocenters. The number of hydrogen-bond donors (Lipinski definition) is 2. The van der Waals surface area contributed by atoms with Gasteiger partial charge in [-0.3, -0.25) is 5.32 Å². The Morgan fingerprint density at radius 1 is 1.50 bits per heavy atom. The molecule has 6 nitrogen and oxygen atoms in total. The molecule has 1 unspecified atom stereocenters. The van der Waals surface area contributed by atoms with Gasteiger partial charge in [-0.05, 0) is 48.9 Å². The van der Waals surface area contributed by atoms with Gasteiger partial charge in [0.1, 0.15) is 5.54 Å². The van der Waals surface area contributed by atoms with Crippen molar-refractivity contribution in [3.63, 3.8) is 0 Å². The molecule has 2 rings (SSSR count). The smallest absolute Gasteiger partial charge is 0.328 e.